The molecule has 0 aliphatic carbocycles. The molecular formula is C11H22N6O2S. The van der Waals surface area contributed by atoms with Gasteiger partial charge in [-0.2, -0.15) is 17.4 Å². The van der Waals surface area contributed by atoms with E-state index in [0.717, 1.165) is 19.3 Å². The average Bonchev–Trinajstić information content (AvgIpc) is 2.84. The summed E-state index contributed by atoms with van der Waals surface area (Å²) in [6, 6.07) is -0.555. The van der Waals surface area contributed by atoms with Gasteiger partial charge < -0.3 is 10.3 Å². The van der Waals surface area contributed by atoms with Gasteiger partial charge in [-0.3, -0.25) is 0 Å². The maximum Gasteiger partial charge on any atom is 0.280 e. The van der Waals surface area contributed by atoms with Gasteiger partial charge in [-0.05, 0) is 19.8 Å². The Hall–Kier alpha value is -1.03. The van der Waals surface area contributed by atoms with E-state index in [4.69, 9.17) is 5.73 Å². The molecule has 2 unspecified atom stereocenters. The van der Waals surface area contributed by atoms with E-state index in [1.54, 1.807) is 24.9 Å². The highest BCUT2D eigenvalue weighted by Gasteiger charge is 2.33. The summed E-state index contributed by atoms with van der Waals surface area (Å²) in [7, 11) is -1.78. The Balaban J connectivity index is 2.12. The molecule has 20 heavy (non-hydrogen) atoms. The Morgan fingerprint density at radius 2 is 2.30 bits per heavy atom. The lowest BCUT2D eigenvalue weighted by atomic mass is 10.1. The van der Waals surface area contributed by atoms with Gasteiger partial charge in [-0.15, -0.1) is 10.2 Å². The fraction of sp³-hybridized carbons (Fsp3) is 0.818. The van der Waals surface area contributed by atoms with E-state index in [0.29, 0.717) is 18.9 Å². The largest absolute Gasteiger partial charge is 0.329 e. The van der Waals surface area contributed by atoms with Crippen LogP contribution in [0.25, 0.3) is 0 Å². The molecule has 8 nitrogen and oxygen atoms in total. The highest BCUT2D eigenvalue weighted by Crippen LogP contribution is 2.20. The average molecular weight is 302 g/mol. The lowest BCUT2D eigenvalue weighted by Gasteiger charge is -2.34. The molecule has 0 spiro atoms. The summed E-state index contributed by atoms with van der Waals surface area (Å²) in [4.78, 5) is 0. The molecule has 1 aliphatic rings. The number of nitrogens with one attached hydrogen (secondary N) is 1. The highest BCUT2D eigenvalue weighted by molar-refractivity contribution is 7.87. The SMILES string of the molecule is CC(NS(=O)(=O)N1CCCCC1CN)c1nncn1C. The normalized spacial score (nSPS) is 22.9. The van der Waals surface area contributed by atoms with E-state index in [2.05, 4.69) is 14.9 Å². The number of hydrogen-bond donors (Lipinski definition) is 2. The molecular weight excluding hydrogens is 280 g/mol. The van der Waals surface area contributed by atoms with Crippen LogP contribution in [0.5, 0.6) is 0 Å². The second-order valence-electron chi connectivity index (χ2n) is 5.14. The van der Waals surface area contributed by atoms with Crippen LogP contribution in [0.1, 0.15) is 38.1 Å². The van der Waals surface area contributed by atoms with E-state index >= 15 is 0 Å². The summed E-state index contributed by atoms with van der Waals surface area (Å²) in [5.41, 5.74) is 5.68. The summed E-state index contributed by atoms with van der Waals surface area (Å²) < 4.78 is 30.8. The zero-order chi connectivity index (χ0) is 14.8. The van der Waals surface area contributed by atoms with Crippen molar-refractivity contribution in [1.82, 2.24) is 23.8 Å². The zero-order valence-corrected chi connectivity index (χ0v) is 12.7. The molecule has 1 saturated heterocycles. The van der Waals surface area contributed by atoms with Crippen molar-refractivity contribution < 1.29 is 8.42 Å². The van der Waals surface area contributed by atoms with Crippen molar-refractivity contribution in [3.63, 3.8) is 0 Å². The maximum atomic E-state index is 12.5. The Morgan fingerprint density at radius 1 is 1.55 bits per heavy atom. The topological polar surface area (TPSA) is 106 Å². The fourth-order valence-electron chi connectivity index (χ4n) is 2.55. The first-order valence-electron chi connectivity index (χ1n) is 6.78. The molecule has 0 saturated carbocycles. The second kappa shape index (κ2) is 6.17. The molecule has 1 fully saturated rings. The van der Waals surface area contributed by atoms with Crippen molar-refractivity contribution in [1.29, 1.82) is 0 Å². The molecule has 2 heterocycles. The lowest BCUT2D eigenvalue weighted by molar-refractivity contribution is 0.253. The third kappa shape index (κ3) is 3.17. The maximum absolute atomic E-state index is 12.5. The summed E-state index contributed by atoms with van der Waals surface area (Å²) in [5.74, 6) is 0.579. The van der Waals surface area contributed by atoms with Crippen LogP contribution in [0.3, 0.4) is 0 Å². The van der Waals surface area contributed by atoms with Gasteiger partial charge in [0.05, 0.1) is 6.04 Å². The van der Waals surface area contributed by atoms with Gasteiger partial charge in [0.15, 0.2) is 5.82 Å². The third-order valence-electron chi connectivity index (χ3n) is 3.61. The summed E-state index contributed by atoms with van der Waals surface area (Å²) in [6.45, 7) is 2.62. The zero-order valence-electron chi connectivity index (χ0n) is 11.9. The van der Waals surface area contributed by atoms with E-state index < -0.39 is 16.3 Å². The van der Waals surface area contributed by atoms with Gasteiger partial charge in [0, 0.05) is 26.2 Å². The Kier molecular flexibility index (Phi) is 4.74. The van der Waals surface area contributed by atoms with Crippen molar-refractivity contribution in [2.24, 2.45) is 12.8 Å². The first-order chi connectivity index (χ1) is 9.45. The van der Waals surface area contributed by atoms with Crippen molar-refractivity contribution in [2.45, 2.75) is 38.3 Å². The van der Waals surface area contributed by atoms with E-state index in [1.807, 2.05) is 0 Å². The van der Waals surface area contributed by atoms with Crippen LogP contribution in [0.4, 0.5) is 0 Å². The van der Waals surface area contributed by atoms with Crippen molar-refractivity contribution in [3.8, 4) is 0 Å². The van der Waals surface area contributed by atoms with Gasteiger partial charge in [0.25, 0.3) is 10.2 Å². The quantitative estimate of drug-likeness (QED) is 0.764. The summed E-state index contributed by atoms with van der Waals surface area (Å²) in [6.07, 6.45) is 4.25. The van der Waals surface area contributed by atoms with E-state index in [9.17, 15) is 8.42 Å². The minimum Gasteiger partial charge on any atom is -0.329 e. The molecule has 1 aromatic rings. The molecule has 0 bridgehead atoms. The number of piperidine rings is 1. The van der Waals surface area contributed by atoms with Gasteiger partial charge >= 0.3 is 0 Å². The van der Waals surface area contributed by atoms with Crippen LogP contribution in [0, 0.1) is 0 Å². The van der Waals surface area contributed by atoms with Gasteiger partial charge in [-0.1, -0.05) is 6.42 Å². The third-order valence-corrected chi connectivity index (χ3v) is 5.36. The smallest absolute Gasteiger partial charge is 0.280 e. The van der Waals surface area contributed by atoms with Crippen LogP contribution >= 0.6 is 0 Å². The minimum atomic E-state index is -3.56. The Morgan fingerprint density at radius 3 is 2.90 bits per heavy atom. The molecule has 1 aliphatic heterocycles. The number of aryl methyl sites for hydroxylation is 1. The molecule has 0 amide bonds. The van der Waals surface area contributed by atoms with Crippen LogP contribution in [-0.4, -0.2) is 46.6 Å². The van der Waals surface area contributed by atoms with Gasteiger partial charge in [0.1, 0.15) is 6.33 Å². The standard InChI is InChI=1S/C11H22N6O2S/c1-9(11-14-13-8-16(11)2)15-20(18,19)17-6-4-3-5-10(17)7-12/h8-10,15H,3-7,12H2,1-2H3. The number of hydrogen-bond acceptors (Lipinski definition) is 5. The molecule has 1 aromatic heterocycles. The first kappa shape index (κ1) is 15.4. The van der Waals surface area contributed by atoms with Crippen LogP contribution in [0.15, 0.2) is 6.33 Å². The molecule has 0 aromatic carbocycles. The molecule has 0 radical (unpaired) electrons. The van der Waals surface area contributed by atoms with Crippen LogP contribution < -0.4 is 10.5 Å². The Labute approximate surface area is 119 Å². The molecule has 2 atom stereocenters. The fourth-order valence-corrected chi connectivity index (χ4v) is 4.20. The number of nitrogens with zero attached hydrogens (tertiary/aromatic N) is 4. The van der Waals surface area contributed by atoms with E-state index in [-0.39, 0.29) is 6.04 Å². The highest BCUT2D eigenvalue weighted by atomic mass is 32.2. The van der Waals surface area contributed by atoms with Crippen LogP contribution in [-0.2, 0) is 17.3 Å². The number of nitrogens with two attached hydrogens (primary N) is 1. The van der Waals surface area contributed by atoms with Crippen molar-refractivity contribution >= 4 is 10.2 Å². The molecule has 9 heteroatoms. The summed E-state index contributed by atoms with van der Waals surface area (Å²) in [5, 5.41) is 7.69. The second-order valence-corrected chi connectivity index (χ2v) is 6.80. The number of aromatic nitrogens is 3. The van der Waals surface area contributed by atoms with Crippen molar-refractivity contribution in [2.75, 3.05) is 13.1 Å². The molecule has 2 rings (SSSR count). The van der Waals surface area contributed by atoms with Gasteiger partial charge in [-0.25, -0.2) is 0 Å². The lowest BCUT2D eigenvalue weighted by Crippen LogP contribution is -2.52. The molecule has 3 N–H and O–H groups in total. The monoisotopic (exact) mass is 302 g/mol. The van der Waals surface area contributed by atoms with E-state index in [1.165, 1.54) is 4.31 Å². The van der Waals surface area contributed by atoms with Crippen LogP contribution in [0.2, 0.25) is 0 Å². The first-order valence-corrected chi connectivity index (χ1v) is 8.22. The van der Waals surface area contributed by atoms with Crippen molar-refractivity contribution in [3.05, 3.63) is 12.2 Å². The summed E-state index contributed by atoms with van der Waals surface area (Å²) >= 11 is 0. The molecule has 114 valence electrons. The Bertz CT molecular complexity index is 543. The number of rotatable bonds is 5. The predicted molar refractivity (Wildman–Crippen MR) is 74.9 cm³/mol. The minimum absolute atomic E-state index is 0.118. The predicted octanol–water partition coefficient (Wildman–Crippen LogP) is -0.476. The van der Waals surface area contributed by atoms with Gasteiger partial charge in [0.2, 0.25) is 0 Å².